The first-order valence-corrected chi connectivity index (χ1v) is 6.45. The molecule has 90 valence electrons. The van der Waals surface area contributed by atoms with Gasteiger partial charge in [0, 0.05) is 6.04 Å². The van der Waals surface area contributed by atoms with Gasteiger partial charge in [0.2, 0.25) is 0 Å². The van der Waals surface area contributed by atoms with E-state index in [-0.39, 0.29) is 6.04 Å². The molecular formula is C15H25N. The van der Waals surface area contributed by atoms with Gasteiger partial charge in [-0.15, -0.1) is 0 Å². The second kappa shape index (κ2) is 6.05. The third-order valence-electron chi connectivity index (χ3n) is 3.54. The summed E-state index contributed by atoms with van der Waals surface area (Å²) < 4.78 is 0. The molecule has 0 fully saturated rings. The maximum atomic E-state index is 6.29. The number of hydrogen-bond donors (Lipinski definition) is 1. The van der Waals surface area contributed by atoms with Crippen molar-refractivity contribution in [1.82, 2.24) is 0 Å². The second-order valence-corrected chi connectivity index (χ2v) is 4.92. The number of hydrogen-bond acceptors (Lipinski definition) is 1. The van der Waals surface area contributed by atoms with Gasteiger partial charge < -0.3 is 5.73 Å². The highest BCUT2D eigenvalue weighted by molar-refractivity contribution is 5.27. The van der Waals surface area contributed by atoms with Crippen molar-refractivity contribution in [2.75, 3.05) is 0 Å². The van der Waals surface area contributed by atoms with Crippen LogP contribution in [0.1, 0.15) is 63.6 Å². The molecule has 1 atom stereocenters. The van der Waals surface area contributed by atoms with E-state index in [1.165, 1.54) is 11.1 Å². The molecule has 0 aromatic heterocycles. The average Bonchev–Trinajstić information content (AvgIpc) is 2.30. The van der Waals surface area contributed by atoms with E-state index in [0.717, 1.165) is 12.8 Å². The van der Waals surface area contributed by atoms with E-state index in [9.17, 15) is 0 Å². The third-order valence-corrected chi connectivity index (χ3v) is 3.54. The molecule has 0 amide bonds. The highest BCUT2D eigenvalue weighted by Gasteiger charge is 2.15. The van der Waals surface area contributed by atoms with Crippen LogP contribution in [-0.2, 0) is 0 Å². The van der Waals surface area contributed by atoms with Crippen molar-refractivity contribution in [2.45, 2.75) is 52.5 Å². The Labute approximate surface area is 100 Å². The van der Waals surface area contributed by atoms with Crippen molar-refractivity contribution in [2.24, 2.45) is 11.7 Å². The molecule has 2 N–H and O–H groups in total. The minimum atomic E-state index is 0.191. The lowest BCUT2D eigenvalue weighted by atomic mass is 9.88. The van der Waals surface area contributed by atoms with Crippen molar-refractivity contribution < 1.29 is 0 Å². The summed E-state index contributed by atoms with van der Waals surface area (Å²) in [5.41, 5.74) is 8.95. The van der Waals surface area contributed by atoms with Crippen molar-refractivity contribution in [3.63, 3.8) is 0 Å². The van der Waals surface area contributed by atoms with E-state index in [1.54, 1.807) is 0 Å². The fraction of sp³-hybridized carbons (Fsp3) is 0.600. The molecule has 0 saturated heterocycles. The van der Waals surface area contributed by atoms with Crippen molar-refractivity contribution in [1.29, 1.82) is 0 Å². The molecule has 0 bridgehead atoms. The molecule has 0 aliphatic heterocycles. The number of benzene rings is 1. The van der Waals surface area contributed by atoms with Crippen LogP contribution < -0.4 is 5.73 Å². The molecule has 0 spiro atoms. The molecular weight excluding hydrogens is 194 g/mol. The van der Waals surface area contributed by atoms with Crippen LogP contribution in [0.2, 0.25) is 0 Å². The summed E-state index contributed by atoms with van der Waals surface area (Å²) in [5, 5.41) is 0. The Bertz CT molecular complexity index is 296. The zero-order valence-corrected chi connectivity index (χ0v) is 11.0. The summed E-state index contributed by atoms with van der Waals surface area (Å²) in [4.78, 5) is 0. The SMILES string of the molecule is CCC(CC)C(N)c1ccc(C(C)C)cc1. The van der Waals surface area contributed by atoms with E-state index in [2.05, 4.69) is 52.0 Å². The van der Waals surface area contributed by atoms with Gasteiger partial charge in [-0.25, -0.2) is 0 Å². The van der Waals surface area contributed by atoms with Gasteiger partial charge >= 0.3 is 0 Å². The molecule has 1 nitrogen and oxygen atoms in total. The lowest BCUT2D eigenvalue weighted by Crippen LogP contribution is -2.20. The van der Waals surface area contributed by atoms with E-state index >= 15 is 0 Å². The van der Waals surface area contributed by atoms with Gasteiger partial charge in [-0.3, -0.25) is 0 Å². The molecule has 0 heterocycles. The standard InChI is InChI=1S/C15H25N/c1-5-12(6-2)15(16)14-9-7-13(8-10-14)11(3)4/h7-12,15H,5-6,16H2,1-4H3. The summed E-state index contributed by atoms with van der Waals surface area (Å²) in [7, 11) is 0. The summed E-state index contributed by atoms with van der Waals surface area (Å²) in [6.45, 7) is 8.87. The van der Waals surface area contributed by atoms with E-state index in [4.69, 9.17) is 5.73 Å². The van der Waals surface area contributed by atoms with Crippen LogP contribution in [0.5, 0.6) is 0 Å². The molecule has 0 aliphatic carbocycles. The number of nitrogens with two attached hydrogens (primary N) is 1. The Kier molecular flexibility index (Phi) is 5.01. The molecule has 1 heteroatoms. The minimum absolute atomic E-state index is 0.191. The van der Waals surface area contributed by atoms with Crippen LogP contribution in [0, 0.1) is 5.92 Å². The third kappa shape index (κ3) is 3.08. The summed E-state index contributed by atoms with van der Waals surface area (Å²) in [6, 6.07) is 9.00. The van der Waals surface area contributed by atoms with Crippen LogP contribution in [0.4, 0.5) is 0 Å². The Balaban J connectivity index is 2.80. The van der Waals surface area contributed by atoms with Crippen LogP contribution in [0.25, 0.3) is 0 Å². The van der Waals surface area contributed by atoms with Gasteiger partial charge in [-0.05, 0) is 23.0 Å². The monoisotopic (exact) mass is 219 g/mol. The van der Waals surface area contributed by atoms with Crippen LogP contribution in [0.15, 0.2) is 24.3 Å². The zero-order chi connectivity index (χ0) is 12.1. The minimum Gasteiger partial charge on any atom is -0.324 e. The molecule has 1 aromatic carbocycles. The quantitative estimate of drug-likeness (QED) is 0.787. The largest absolute Gasteiger partial charge is 0.324 e. The van der Waals surface area contributed by atoms with Crippen LogP contribution in [-0.4, -0.2) is 0 Å². The second-order valence-electron chi connectivity index (χ2n) is 4.92. The van der Waals surface area contributed by atoms with Crippen LogP contribution >= 0.6 is 0 Å². The van der Waals surface area contributed by atoms with E-state index in [1.807, 2.05) is 0 Å². The van der Waals surface area contributed by atoms with Crippen molar-refractivity contribution in [3.05, 3.63) is 35.4 Å². The Hall–Kier alpha value is -0.820. The average molecular weight is 219 g/mol. The van der Waals surface area contributed by atoms with Crippen molar-refractivity contribution in [3.8, 4) is 0 Å². The van der Waals surface area contributed by atoms with Gasteiger partial charge in [0.15, 0.2) is 0 Å². The molecule has 0 radical (unpaired) electrons. The highest BCUT2D eigenvalue weighted by atomic mass is 14.6. The van der Waals surface area contributed by atoms with Gasteiger partial charge in [0.05, 0.1) is 0 Å². The first-order chi connectivity index (χ1) is 7.60. The first-order valence-electron chi connectivity index (χ1n) is 6.45. The molecule has 1 unspecified atom stereocenters. The molecule has 0 saturated carbocycles. The fourth-order valence-corrected chi connectivity index (χ4v) is 2.17. The Morgan fingerprint density at radius 3 is 1.75 bits per heavy atom. The maximum absolute atomic E-state index is 6.29. The van der Waals surface area contributed by atoms with Crippen LogP contribution in [0.3, 0.4) is 0 Å². The zero-order valence-electron chi connectivity index (χ0n) is 11.0. The highest BCUT2D eigenvalue weighted by Crippen LogP contribution is 2.26. The van der Waals surface area contributed by atoms with Crippen molar-refractivity contribution >= 4 is 0 Å². The topological polar surface area (TPSA) is 26.0 Å². The predicted octanol–water partition coefficient (Wildman–Crippen LogP) is 4.25. The lowest BCUT2D eigenvalue weighted by molar-refractivity contribution is 0.405. The van der Waals surface area contributed by atoms with Gasteiger partial charge in [0.25, 0.3) is 0 Å². The van der Waals surface area contributed by atoms with Gasteiger partial charge in [0.1, 0.15) is 0 Å². The number of rotatable bonds is 5. The van der Waals surface area contributed by atoms with E-state index in [0.29, 0.717) is 11.8 Å². The summed E-state index contributed by atoms with van der Waals surface area (Å²) in [5.74, 6) is 1.20. The summed E-state index contributed by atoms with van der Waals surface area (Å²) >= 11 is 0. The first kappa shape index (κ1) is 13.2. The normalized spacial score (nSPS) is 13.4. The lowest BCUT2D eigenvalue weighted by Gasteiger charge is -2.22. The summed E-state index contributed by atoms with van der Waals surface area (Å²) in [6.07, 6.45) is 2.31. The van der Waals surface area contributed by atoms with Gasteiger partial charge in [-0.2, -0.15) is 0 Å². The molecule has 0 aliphatic rings. The van der Waals surface area contributed by atoms with E-state index < -0.39 is 0 Å². The molecule has 1 rings (SSSR count). The predicted molar refractivity (Wildman–Crippen MR) is 71.5 cm³/mol. The van der Waals surface area contributed by atoms with Gasteiger partial charge in [-0.1, -0.05) is 64.8 Å². The fourth-order valence-electron chi connectivity index (χ4n) is 2.17. The Morgan fingerprint density at radius 1 is 0.938 bits per heavy atom. The Morgan fingerprint density at radius 2 is 1.38 bits per heavy atom. The smallest absolute Gasteiger partial charge is 0.0323 e. The maximum Gasteiger partial charge on any atom is 0.0323 e. The molecule has 16 heavy (non-hydrogen) atoms. The molecule has 1 aromatic rings.